The van der Waals surface area contributed by atoms with Gasteiger partial charge in [0, 0.05) is 25.4 Å². The Labute approximate surface area is 112 Å². The van der Waals surface area contributed by atoms with Crippen LogP contribution in [0, 0.1) is 0 Å². The summed E-state index contributed by atoms with van der Waals surface area (Å²) in [6, 6.07) is 5.47. The van der Waals surface area contributed by atoms with Gasteiger partial charge in [-0.25, -0.2) is 4.98 Å². The summed E-state index contributed by atoms with van der Waals surface area (Å²) < 4.78 is 0.673. The lowest BCUT2D eigenvalue weighted by molar-refractivity contribution is 0.0785. The van der Waals surface area contributed by atoms with Crippen LogP contribution >= 0.6 is 27.3 Å². The molecule has 0 spiro atoms. The molecule has 0 bridgehead atoms. The Hall–Kier alpha value is -1.20. The molecule has 0 N–H and O–H groups in total. The summed E-state index contributed by atoms with van der Waals surface area (Å²) in [7, 11) is 1.80. The molecule has 2 heterocycles. The zero-order valence-electron chi connectivity index (χ0n) is 9.26. The molecule has 3 nitrogen and oxygen atoms in total. The molecule has 0 aliphatic heterocycles. The van der Waals surface area contributed by atoms with Crippen molar-refractivity contribution in [3.8, 4) is 0 Å². The summed E-state index contributed by atoms with van der Waals surface area (Å²) in [6.07, 6.45) is 1.62. The van der Waals surface area contributed by atoms with Crippen LogP contribution in [-0.2, 0) is 6.54 Å². The van der Waals surface area contributed by atoms with E-state index in [4.69, 9.17) is 0 Å². The van der Waals surface area contributed by atoms with E-state index in [1.165, 1.54) is 0 Å². The number of aromatic nitrogens is 1. The van der Waals surface area contributed by atoms with E-state index in [0.717, 1.165) is 5.56 Å². The molecule has 88 valence electrons. The van der Waals surface area contributed by atoms with Crippen LogP contribution in [0.1, 0.15) is 15.9 Å². The zero-order chi connectivity index (χ0) is 12.3. The number of nitrogens with zero attached hydrogens (tertiary/aromatic N) is 2. The first-order valence-corrected chi connectivity index (χ1v) is 6.78. The van der Waals surface area contributed by atoms with Crippen molar-refractivity contribution in [1.82, 2.24) is 9.88 Å². The van der Waals surface area contributed by atoms with Gasteiger partial charge in [-0.3, -0.25) is 4.79 Å². The number of carbonyl (C=O) groups excluding carboxylic acids is 1. The molecule has 0 aliphatic carbocycles. The second-order valence-corrected chi connectivity index (χ2v) is 5.25. The highest BCUT2D eigenvalue weighted by atomic mass is 79.9. The van der Waals surface area contributed by atoms with Crippen molar-refractivity contribution < 1.29 is 4.79 Å². The third-order valence-electron chi connectivity index (χ3n) is 2.32. The Bertz CT molecular complexity index is 513. The van der Waals surface area contributed by atoms with Crippen molar-refractivity contribution in [3.05, 3.63) is 50.9 Å². The summed E-state index contributed by atoms with van der Waals surface area (Å²) in [5, 5.41) is 4.06. The van der Waals surface area contributed by atoms with E-state index >= 15 is 0 Å². The van der Waals surface area contributed by atoms with Crippen LogP contribution in [0.3, 0.4) is 0 Å². The number of hydrogen-bond donors (Lipinski definition) is 0. The van der Waals surface area contributed by atoms with Gasteiger partial charge in [-0.05, 0) is 50.5 Å². The fraction of sp³-hybridized carbons (Fsp3) is 0.167. The quantitative estimate of drug-likeness (QED) is 0.816. The average Bonchev–Trinajstić information content (AvgIpc) is 2.80. The highest BCUT2D eigenvalue weighted by Crippen LogP contribution is 2.13. The summed E-state index contributed by atoms with van der Waals surface area (Å²) in [5.41, 5.74) is 1.79. The average molecular weight is 311 g/mol. The topological polar surface area (TPSA) is 33.2 Å². The molecule has 2 aromatic heterocycles. The van der Waals surface area contributed by atoms with E-state index < -0.39 is 0 Å². The van der Waals surface area contributed by atoms with Crippen LogP contribution in [0.25, 0.3) is 0 Å². The molecule has 2 rings (SSSR count). The van der Waals surface area contributed by atoms with E-state index in [1.807, 2.05) is 16.8 Å². The normalized spacial score (nSPS) is 10.2. The molecule has 0 saturated carbocycles. The predicted octanol–water partition coefficient (Wildman–Crippen LogP) is 3.18. The first-order chi connectivity index (χ1) is 8.16. The maximum atomic E-state index is 12.1. The first kappa shape index (κ1) is 12.3. The van der Waals surface area contributed by atoms with Gasteiger partial charge in [0.1, 0.15) is 4.60 Å². The van der Waals surface area contributed by atoms with Crippen LogP contribution in [-0.4, -0.2) is 22.8 Å². The first-order valence-electron chi connectivity index (χ1n) is 5.05. The van der Waals surface area contributed by atoms with Gasteiger partial charge in [0.05, 0.1) is 0 Å². The molecular formula is C12H11BrN2OS. The Morgan fingerprint density at radius 3 is 3.00 bits per heavy atom. The summed E-state index contributed by atoms with van der Waals surface area (Å²) >= 11 is 4.90. The Balaban J connectivity index is 2.09. The monoisotopic (exact) mass is 310 g/mol. The molecule has 0 unspecified atom stereocenters. The van der Waals surface area contributed by atoms with Crippen molar-refractivity contribution in [1.29, 1.82) is 0 Å². The van der Waals surface area contributed by atoms with Gasteiger partial charge in [-0.2, -0.15) is 11.3 Å². The van der Waals surface area contributed by atoms with Gasteiger partial charge >= 0.3 is 0 Å². The standard InChI is InChI=1S/C12H11BrN2OS/c1-15(7-9-3-5-17-8-9)12(16)10-2-4-14-11(13)6-10/h2-6,8H,7H2,1H3. The summed E-state index contributed by atoms with van der Waals surface area (Å²) in [4.78, 5) is 17.8. The minimum Gasteiger partial charge on any atom is -0.337 e. The van der Waals surface area contributed by atoms with Crippen molar-refractivity contribution >= 4 is 33.2 Å². The van der Waals surface area contributed by atoms with Gasteiger partial charge < -0.3 is 4.90 Å². The highest BCUT2D eigenvalue weighted by molar-refractivity contribution is 9.10. The van der Waals surface area contributed by atoms with Crippen molar-refractivity contribution in [2.24, 2.45) is 0 Å². The Morgan fingerprint density at radius 1 is 1.53 bits per heavy atom. The molecule has 5 heteroatoms. The number of rotatable bonds is 3. The summed E-state index contributed by atoms with van der Waals surface area (Å²) in [5.74, 6) is -0.000648. The van der Waals surface area contributed by atoms with Gasteiger partial charge in [0.15, 0.2) is 0 Å². The molecule has 0 fully saturated rings. The minimum atomic E-state index is -0.000648. The fourth-order valence-electron chi connectivity index (χ4n) is 1.48. The maximum Gasteiger partial charge on any atom is 0.254 e. The maximum absolute atomic E-state index is 12.1. The minimum absolute atomic E-state index is 0.000648. The van der Waals surface area contributed by atoms with Gasteiger partial charge in [0.25, 0.3) is 5.91 Å². The third kappa shape index (κ3) is 3.14. The molecule has 0 radical (unpaired) electrons. The number of halogens is 1. The van der Waals surface area contributed by atoms with E-state index in [2.05, 4.69) is 20.9 Å². The van der Waals surface area contributed by atoms with Gasteiger partial charge in [-0.1, -0.05) is 0 Å². The lowest BCUT2D eigenvalue weighted by Gasteiger charge is -2.16. The highest BCUT2D eigenvalue weighted by Gasteiger charge is 2.12. The lowest BCUT2D eigenvalue weighted by atomic mass is 10.2. The zero-order valence-corrected chi connectivity index (χ0v) is 11.7. The number of carbonyl (C=O) groups is 1. The van der Waals surface area contributed by atoms with Crippen LogP contribution in [0.5, 0.6) is 0 Å². The second-order valence-electron chi connectivity index (χ2n) is 3.66. The van der Waals surface area contributed by atoms with Crippen LogP contribution in [0.2, 0.25) is 0 Å². The van der Waals surface area contributed by atoms with Gasteiger partial charge in [0.2, 0.25) is 0 Å². The molecule has 0 saturated heterocycles. The van der Waals surface area contributed by atoms with E-state index in [0.29, 0.717) is 16.7 Å². The van der Waals surface area contributed by atoms with Crippen LogP contribution < -0.4 is 0 Å². The van der Waals surface area contributed by atoms with E-state index in [-0.39, 0.29) is 5.91 Å². The summed E-state index contributed by atoms with van der Waals surface area (Å²) in [6.45, 7) is 0.627. The van der Waals surface area contributed by atoms with Crippen LogP contribution in [0.15, 0.2) is 39.8 Å². The Morgan fingerprint density at radius 2 is 2.35 bits per heavy atom. The molecule has 2 aromatic rings. The number of amides is 1. The molecule has 0 aromatic carbocycles. The molecule has 1 amide bonds. The van der Waals surface area contributed by atoms with Crippen molar-refractivity contribution in [3.63, 3.8) is 0 Å². The third-order valence-corrected chi connectivity index (χ3v) is 3.49. The number of thiophene rings is 1. The van der Waals surface area contributed by atoms with Gasteiger partial charge in [-0.15, -0.1) is 0 Å². The largest absolute Gasteiger partial charge is 0.337 e. The smallest absolute Gasteiger partial charge is 0.254 e. The van der Waals surface area contributed by atoms with Crippen molar-refractivity contribution in [2.45, 2.75) is 6.54 Å². The molecule has 17 heavy (non-hydrogen) atoms. The lowest BCUT2D eigenvalue weighted by Crippen LogP contribution is -2.25. The second kappa shape index (κ2) is 5.42. The molecule has 0 aliphatic rings. The molecule has 0 atom stereocenters. The Kier molecular flexibility index (Phi) is 3.91. The van der Waals surface area contributed by atoms with Crippen LogP contribution in [0.4, 0.5) is 0 Å². The number of pyridine rings is 1. The predicted molar refractivity (Wildman–Crippen MR) is 72.1 cm³/mol. The number of hydrogen-bond acceptors (Lipinski definition) is 3. The molecular weight excluding hydrogens is 300 g/mol. The SMILES string of the molecule is CN(Cc1ccsc1)C(=O)c1ccnc(Br)c1. The van der Waals surface area contributed by atoms with E-state index in [1.54, 1.807) is 41.6 Å². The van der Waals surface area contributed by atoms with E-state index in [9.17, 15) is 4.79 Å². The van der Waals surface area contributed by atoms with Crippen molar-refractivity contribution in [2.75, 3.05) is 7.05 Å². The fourth-order valence-corrected chi connectivity index (χ4v) is 2.51.